The summed E-state index contributed by atoms with van der Waals surface area (Å²) >= 11 is 0. The van der Waals surface area contributed by atoms with E-state index in [0.717, 1.165) is 13.2 Å². The fourth-order valence-corrected chi connectivity index (χ4v) is 11.2. The molecule has 1 rings (SSSR count). The van der Waals surface area contributed by atoms with Crippen LogP contribution in [-0.2, 0) is 9.16 Å². The molecule has 0 amide bonds. The van der Waals surface area contributed by atoms with Gasteiger partial charge in [-0.05, 0) is 32.5 Å². The SMILES string of the molecule is CCOCCCCCCCCCC[Si](C)(C)c1ccc([Si](C)(C)CCC[Si](C)(C)OC)cc1. The van der Waals surface area contributed by atoms with E-state index in [0.29, 0.717) is 0 Å². The minimum absolute atomic E-state index is 0.860. The quantitative estimate of drug-likeness (QED) is 0.139. The smallest absolute Gasteiger partial charge is 0.186 e. The van der Waals surface area contributed by atoms with Crippen molar-refractivity contribution in [3.05, 3.63) is 24.3 Å². The molecule has 0 radical (unpaired) electrons. The lowest BCUT2D eigenvalue weighted by Crippen LogP contribution is -2.45. The van der Waals surface area contributed by atoms with Crippen LogP contribution in [0, 0.1) is 0 Å². The summed E-state index contributed by atoms with van der Waals surface area (Å²) in [6.07, 6.45) is 12.3. The van der Waals surface area contributed by atoms with Crippen LogP contribution in [0.2, 0.25) is 57.4 Å². The molecule has 0 unspecified atom stereocenters. The third-order valence-corrected chi connectivity index (χ3v) is 17.3. The van der Waals surface area contributed by atoms with Crippen molar-refractivity contribution >= 4 is 34.8 Å². The highest BCUT2D eigenvalue weighted by molar-refractivity contribution is 6.91. The summed E-state index contributed by atoms with van der Waals surface area (Å²) in [4.78, 5) is 0. The topological polar surface area (TPSA) is 18.5 Å². The molecule has 0 heterocycles. The van der Waals surface area contributed by atoms with Gasteiger partial charge >= 0.3 is 0 Å². The third kappa shape index (κ3) is 12.9. The van der Waals surface area contributed by atoms with Gasteiger partial charge in [0.1, 0.15) is 0 Å². The highest BCUT2D eigenvalue weighted by atomic mass is 28.4. The summed E-state index contributed by atoms with van der Waals surface area (Å²) in [7, 11) is -2.20. The second-order valence-electron chi connectivity index (χ2n) is 11.9. The van der Waals surface area contributed by atoms with Crippen molar-refractivity contribution in [3.63, 3.8) is 0 Å². The Morgan fingerprint density at radius 3 is 1.45 bits per heavy atom. The van der Waals surface area contributed by atoms with Crippen LogP contribution >= 0.6 is 0 Å². The van der Waals surface area contributed by atoms with E-state index in [1.54, 1.807) is 10.4 Å². The molecule has 0 N–H and O–H groups in total. The molecule has 0 aliphatic carbocycles. The van der Waals surface area contributed by atoms with Gasteiger partial charge in [-0.2, -0.15) is 0 Å². The van der Waals surface area contributed by atoms with Gasteiger partial charge < -0.3 is 9.16 Å². The van der Waals surface area contributed by atoms with Gasteiger partial charge in [0.05, 0.1) is 16.1 Å². The summed E-state index contributed by atoms with van der Waals surface area (Å²) in [6.45, 7) is 18.8. The van der Waals surface area contributed by atoms with Crippen molar-refractivity contribution in [1.29, 1.82) is 0 Å². The zero-order valence-corrected chi connectivity index (χ0v) is 26.5. The Kier molecular flexibility index (Phi) is 14.7. The minimum atomic E-state index is -1.42. The van der Waals surface area contributed by atoms with E-state index in [-0.39, 0.29) is 0 Å². The van der Waals surface area contributed by atoms with Gasteiger partial charge in [-0.15, -0.1) is 0 Å². The average molecular weight is 509 g/mol. The second kappa shape index (κ2) is 15.7. The largest absolute Gasteiger partial charge is 0.420 e. The van der Waals surface area contributed by atoms with Crippen LogP contribution in [0.15, 0.2) is 24.3 Å². The Morgan fingerprint density at radius 1 is 0.576 bits per heavy atom. The molecule has 0 saturated carbocycles. The summed E-state index contributed by atoms with van der Waals surface area (Å²) < 4.78 is 11.2. The number of unbranched alkanes of at least 4 members (excludes halogenated alkanes) is 7. The van der Waals surface area contributed by atoms with Crippen LogP contribution in [0.3, 0.4) is 0 Å². The van der Waals surface area contributed by atoms with Crippen molar-refractivity contribution in [2.24, 2.45) is 0 Å². The zero-order chi connectivity index (χ0) is 24.8. The molecular formula is C28H56O2Si3. The normalized spacial score (nSPS) is 13.0. The van der Waals surface area contributed by atoms with E-state index in [4.69, 9.17) is 9.16 Å². The van der Waals surface area contributed by atoms with E-state index in [1.165, 1.54) is 75.9 Å². The lowest BCUT2D eigenvalue weighted by molar-refractivity contribution is 0.143. The van der Waals surface area contributed by atoms with Crippen molar-refractivity contribution in [3.8, 4) is 0 Å². The van der Waals surface area contributed by atoms with Crippen LogP contribution < -0.4 is 10.4 Å². The highest BCUT2D eigenvalue weighted by Gasteiger charge is 2.28. The van der Waals surface area contributed by atoms with E-state index in [2.05, 4.69) is 70.5 Å². The second-order valence-corrected chi connectivity index (χ2v) is 26.1. The predicted octanol–water partition coefficient (Wildman–Crippen LogP) is 7.92. The van der Waals surface area contributed by atoms with Crippen molar-refractivity contribution in [1.82, 2.24) is 0 Å². The molecule has 0 aliphatic heterocycles. The lowest BCUT2D eigenvalue weighted by atomic mass is 10.1. The van der Waals surface area contributed by atoms with E-state index >= 15 is 0 Å². The molecule has 0 spiro atoms. The van der Waals surface area contributed by atoms with Crippen LogP contribution in [0.5, 0.6) is 0 Å². The summed E-state index contributed by atoms with van der Waals surface area (Å²) in [6, 6.07) is 14.0. The average Bonchev–Trinajstić information content (AvgIpc) is 2.77. The lowest BCUT2D eigenvalue weighted by Gasteiger charge is -2.28. The summed E-state index contributed by atoms with van der Waals surface area (Å²) in [5.41, 5.74) is 0. The zero-order valence-electron chi connectivity index (χ0n) is 23.5. The fraction of sp³-hybridized carbons (Fsp3) is 0.786. The summed E-state index contributed by atoms with van der Waals surface area (Å²) in [5.74, 6) is 0. The van der Waals surface area contributed by atoms with Gasteiger partial charge in [-0.25, -0.2) is 0 Å². The molecule has 2 nitrogen and oxygen atoms in total. The van der Waals surface area contributed by atoms with Gasteiger partial charge in [0.2, 0.25) is 0 Å². The standard InChI is InChI=1S/C28H56O2Si3/c1-9-30-23-16-14-12-10-11-13-15-17-24-31(3,4)27-19-21-28(22-20-27)32(5,6)25-18-26-33(7,8)29-2/h19-22H,9-18,23-26H2,1-8H3. The first kappa shape index (κ1) is 30.8. The van der Waals surface area contributed by atoms with Gasteiger partial charge in [0.15, 0.2) is 8.32 Å². The van der Waals surface area contributed by atoms with Gasteiger partial charge in [0, 0.05) is 20.3 Å². The molecule has 33 heavy (non-hydrogen) atoms. The Labute approximate surface area is 210 Å². The van der Waals surface area contributed by atoms with Crippen LogP contribution in [0.4, 0.5) is 0 Å². The molecule has 0 saturated heterocycles. The Morgan fingerprint density at radius 2 is 1.00 bits per heavy atom. The molecule has 1 aromatic rings. The molecule has 0 atom stereocenters. The Balaban J connectivity index is 2.35. The van der Waals surface area contributed by atoms with Crippen LogP contribution in [0.25, 0.3) is 0 Å². The Hall–Kier alpha value is -0.209. The number of ether oxygens (including phenoxy) is 1. The molecule has 192 valence electrons. The number of rotatable bonds is 19. The van der Waals surface area contributed by atoms with E-state index < -0.39 is 24.5 Å². The first-order valence-corrected chi connectivity index (χ1v) is 23.3. The van der Waals surface area contributed by atoms with Crippen LogP contribution in [-0.4, -0.2) is 44.8 Å². The van der Waals surface area contributed by atoms with Gasteiger partial charge in [-0.3, -0.25) is 0 Å². The molecule has 0 fully saturated rings. The fourth-order valence-electron chi connectivity index (χ4n) is 4.70. The highest BCUT2D eigenvalue weighted by Crippen LogP contribution is 2.21. The maximum Gasteiger partial charge on any atom is 0.186 e. The van der Waals surface area contributed by atoms with Crippen molar-refractivity contribution in [2.45, 2.75) is 122 Å². The number of hydrogen-bond donors (Lipinski definition) is 0. The van der Waals surface area contributed by atoms with Gasteiger partial charge in [0.25, 0.3) is 0 Å². The minimum Gasteiger partial charge on any atom is -0.420 e. The molecular weight excluding hydrogens is 453 g/mol. The van der Waals surface area contributed by atoms with Crippen molar-refractivity contribution < 1.29 is 9.16 Å². The maximum atomic E-state index is 5.75. The first-order chi connectivity index (χ1) is 15.5. The Bertz CT molecular complexity index is 627. The molecule has 5 heteroatoms. The van der Waals surface area contributed by atoms with Crippen molar-refractivity contribution in [2.75, 3.05) is 20.3 Å². The summed E-state index contributed by atoms with van der Waals surface area (Å²) in [5, 5.41) is 3.28. The first-order valence-electron chi connectivity index (χ1n) is 13.8. The maximum absolute atomic E-state index is 5.75. The number of benzene rings is 1. The van der Waals surface area contributed by atoms with E-state index in [9.17, 15) is 0 Å². The van der Waals surface area contributed by atoms with E-state index in [1.807, 2.05) is 7.11 Å². The molecule has 0 aromatic heterocycles. The predicted molar refractivity (Wildman–Crippen MR) is 158 cm³/mol. The molecule has 1 aromatic carbocycles. The monoisotopic (exact) mass is 508 g/mol. The van der Waals surface area contributed by atoms with Crippen LogP contribution in [0.1, 0.15) is 64.7 Å². The molecule has 0 aliphatic rings. The number of hydrogen-bond acceptors (Lipinski definition) is 2. The molecule has 0 bridgehead atoms. The third-order valence-electron chi connectivity index (χ3n) is 7.63. The van der Waals surface area contributed by atoms with Gasteiger partial charge in [-0.1, -0.05) is 124 Å².